The Bertz CT molecular complexity index is 586. The third kappa shape index (κ3) is 10.5. The molecule has 0 saturated carbocycles. The van der Waals surface area contributed by atoms with Crippen molar-refractivity contribution in [2.75, 3.05) is 13.7 Å². The summed E-state index contributed by atoms with van der Waals surface area (Å²) in [4.78, 5) is 11.8. The first-order valence-corrected chi connectivity index (χ1v) is 14.2. The summed E-state index contributed by atoms with van der Waals surface area (Å²) in [6, 6.07) is 4.09. The van der Waals surface area contributed by atoms with Crippen LogP contribution in [0, 0.1) is 0 Å². The molecule has 7 heteroatoms. The van der Waals surface area contributed by atoms with Gasteiger partial charge in [-0.1, -0.05) is 38.7 Å². The standard InChI is InChI=1S/C19H27Cl3O3Si/c1-3-8-17-15-16(9-11-18(17)24-2)10-12-19(23)25-13-6-4-5-7-14-26(20,21)22/h9-12,15H,3-8,13-14H2,1-2H3/b12-10+. The number of hydrogen-bond donors (Lipinski definition) is 0. The highest BCUT2D eigenvalue weighted by Gasteiger charge is 2.23. The Morgan fingerprint density at radius 2 is 1.88 bits per heavy atom. The van der Waals surface area contributed by atoms with Crippen LogP contribution in [0.4, 0.5) is 0 Å². The first kappa shape index (κ1) is 23.4. The molecule has 3 nitrogen and oxygen atoms in total. The van der Waals surface area contributed by atoms with E-state index in [1.807, 2.05) is 18.2 Å². The van der Waals surface area contributed by atoms with Crippen molar-refractivity contribution < 1.29 is 14.3 Å². The number of carbonyl (C=O) groups is 1. The van der Waals surface area contributed by atoms with Crippen molar-refractivity contribution >= 4 is 51.3 Å². The zero-order valence-corrected chi connectivity index (χ0v) is 18.7. The Morgan fingerprint density at radius 1 is 1.15 bits per heavy atom. The number of benzene rings is 1. The number of esters is 1. The molecule has 0 aromatic heterocycles. The van der Waals surface area contributed by atoms with E-state index in [0.717, 1.165) is 55.4 Å². The van der Waals surface area contributed by atoms with Crippen LogP contribution in [0.1, 0.15) is 50.2 Å². The van der Waals surface area contributed by atoms with E-state index in [2.05, 4.69) is 6.92 Å². The molecule has 0 aliphatic rings. The molecule has 0 fully saturated rings. The van der Waals surface area contributed by atoms with Crippen LogP contribution in [0.3, 0.4) is 0 Å². The van der Waals surface area contributed by atoms with Gasteiger partial charge in [0.05, 0.1) is 13.7 Å². The molecule has 0 N–H and O–H groups in total. The Hall–Kier alpha value is -0.683. The van der Waals surface area contributed by atoms with Crippen molar-refractivity contribution in [3.05, 3.63) is 35.4 Å². The molecule has 1 aromatic rings. The third-order valence-corrected chi connectivity index (χ3v) is 6.46. The molecule has 0 heterocycles. The first-order chi connectivity index (χ1) is 12.4. The molecule has 0 saturated heterocycles. The van der Waals surface area contributed by atoms with E-state index >= 15 is 0 Å². The van der Waals surface area contributed by atoms with Gasteiger partial charge in [0, 0.05) is 6.08 Å². The minimum Gasteiger partial charge on any atom is -0.496 e. The van der Waals surface area contributed by atoms with Gasteiger partial charge in [0.2, 0.25) is 0 Å². The molecule has 0 aliphatic carbocycles. The van der Waals surface area contributed by atoms with E-state index in [0.29, 0.717) is 12.7 Å². The summed E-state index contributed by atoms with van der Waals surface area (Å²) in [5.74, 6) is 0.551. The van der Waals surface area contributed by atoms with Crippen LogP contribution in [-0.2, 0) is 16.0 Å². The second-order valence-corrected chi connectivity index (χ2v) is 15.4. The van der Waals surface area contributed by atoms with E-state index in [9.17, 15) is 4.79 Å². The largest absolute Gasteiger partial charge is 0.496 e. The summed E-state index contributed by atoms with van der Waals surface area (Å²) in [5, 5.41) is 0. The zero-order valence-electron chi connectivity index (χ0n) is 15.4. The van der Waals surface area contributed by atoms with E-state index < -0.39 is 6.00 Å². The van der Waals surface area contributed by atoms with Crippen molar-refractivity contribution in [2.45, 2.75) is 51.5 Å². The third-order valence-electron chi connectivity index (χ3n) is 3.83. The summed E-state index contributed by atoms with van der Waals surface area (Å²) in [7, 11) is 1.67. The molecule has 26 heavy (non-hydrogen) atoms. The summed E-state index contributed by atoms with van der Waals surface area (Å²) in [6.45, 7) is 2.54. The number of halogens is 3. The van der Waals surface area contributed by atoms with Gasteiger partial charge in [0.1, 0.15) is 5.75 Å². The molecule has 146 valence electrons. The maximum Gasteiger partial charge on any atom is 0.341 e. The van der Waals surface area contributed by atoms with Crippen LogP contribution in [0.15, 0.2) is 24.3 Å². The first-order valence-electron chi connectivity index (χ1n) is 8.94. The Morgan fingerprint density at radius 3 is 2.54 bits per heavy atom. The molecule has 0 spiro atoms. The summed E-state index contributed by atoms with van der Waals surface area (Å²) >= 11 is 17.5. The lowest BCUT2D eigenvalue weighted by Crippen LogP contribution is -2.07. The van der Waals surface area contributed by atoms with E-state index in [-0.39, 0.29) is 5.97 Å². The lowest BCUT2D eigenvalue weighted by atomic mass is 10.1. The summed E-state index contributed by atoms with van der Waals surface area (Å²) in [5.41, 5.74) is 2.10. The van der Waals surface area contributed by atoms with Gasteiger partial charge in [-0.2, -0.15) is 0 Å². The molecule has 0 atom stereocenters. The summed E-state index contributed by atoms with van der Waals surface area (Å²) < 4.78 is 10.6. The molecule has 0 aliphatic heterocycles. The molecule has 0 radical (unpaired) electrons. The average molecular weight is 438 g/mol. The topological polar surface area (TPSA) is 35.5 Å². The normalized spacial score (nSPS) is 11.7. The number of carbonyl (C=O) groups excluding carboxylic acids is 1. The maximum absolute atomic E-state index is 11.8. The molecule has 0 unspecified atom stereocenters. The van der Waals surface area contributed by atoms with Crippen molar-refractivity contribution in [3.8, 4) is 5.75 Å². The van der Waals surface area contributed by atoms with Crippen LogP contribution in [0.2, 0.25) is 6.04 Å². The predicted molar refractivity (Wildman–Crippen MR) is 114 cm³/mol. The van der Waals surface area contributed by atoms with Gasteiger partial charge < -0.3 is 9.47 Å². The van der Waals surface area contributed by atoms with Gasteiger partial charge in [-0.05, 0) is 48.2 Å². The molecule has 0 amide bonds. The van der Waals surface area contributed by atoms with Crippen LogP contribution < -0.4 is 4.74 Å². The second-order valence-electron chi connectivity index (χ2n) is 6.10. The fourth-order valence-electron chi connectivity index (χ4n) is 2.53. The van der Waals surface area contributed by atoms with Gasteiger partial charge in [-0.25, -0.2) is 4.79 Å². The SMILES string of the molecule is CCCc1cc(/C=C/C(=O)OCCCCCC[Si](Cl)(Cl)Cl)ccc1OC. The highest BCUT2D eigenvalue weighted by molar-refractivity contribution is 7.64. The Labute approximate surface area is 171 Å². The highest BCUT2D eigenvalue weighted by Crippen LogP contribution is 2.27. The van der Waals surface area contributed by atoms with Gasteiger partial charge in [-0.15, -0.1) is 33.2 Å². The molecule has 0 bridgehead atoms. The van der Waals surface area contributed by atoms with Crippen LogP contribution in [0.25, 0.3) is 6.08 Å². The van der Waals surface area contributed by atoms with E-state index in [4.69, 9.17) is 42.7 Å². The minimum absolute atomic E-state index is 0.327. The van der Waals surface area contributed by atoms with Crippen molar-refractivity contribution in [1.82, 2.24) is 0 Å². The lowest BCUT2D eigenvalue weighted by molar-refractivity contribution is -0.137. The van der Waals surface area contributed by atoms with Gasteiger partial charge in [0.15, 0.2) is 0 Å². The highest BCUT2D eigenvalue weighted by atomic mass is 35.8. The fourth-order valence-corrected chi connectivity index (χ4v) is 4.39. The van der Waals surface area contributed by atoms with Gasteiger partial charge >= 0.3 is 12.0 Å². The number of hydrogen-bond acceptors (Lipinski definition) is 3. The second kappa shape index (κ2) is 12.7. The molecule has 1 aromatic carbocycles. The predicted octanol–water partition coefficient (Wildman–Crippen LogP) is 6.42. The maximum atomic E-state index is 11.8. The smallest absolute Gasteiger partial charge is 0.341 e. The number of ether oxygens (including phenoxy) is 2. The number of methoxy groups -OCH3 is 1. The van der Waals surface area contributed by atoms with Crippen molar-refractivity contribution in [1.29, 1.82) is 0 Å². The van der Waals surface area contributed by atoms with Crippen LogP contribution in [-0.4, -0.2) is 25.7 Å². The zero-order chi connectivity index (χ0) is 19.4. The number of unbranched alkanes of at least 4 members (excludes halogenated alkanes) is 3. The number of aryl methyl sites for hydroxylation is 1. The molecular weight excluding hydrogens is 411 g/mol. The van der Waals surface area contributed by atoms with E-state index in [1.165, 1.54) is 6.08 Å². The average Bonchev–Trinajstić information content (AvgIpc) is 2.58. The van der Waals surface area contributed by atoms with Crippen molar-refractivity contribution in [2.24, 2.45) is 0 Å². The van der Waals surface area contributed by atoms with Gasteiger partial charge in [0.25, 0.3) is 0 Å². The Kier molecular flexibility index (Phi) is 11.4. The van der Waals surface area contributed by atoms with Crippen LogP contribution >= 0.6 is 33.2 Å². The summed E-state index contributed by atoms with van der Waals surface area (Å²) in [6.07, 6.45) is 8.90. The number of rotatable bonds is 12. The lowest BCUT2D eigenvalue weighted by Gasteiger charge is -2.08. The van der Waals surface area contributed by atoms with Gasteiger partial charge in [-0.3, -0.25) is 0 Å². The van der Waals surface area contributed by atoms with E-state index in [1.54, 1.807) is 13.2 Å². The quantitative estimate of drug-likeness (QED) is 0.124. The Balaban J connectivity index is 2.31. The fraction of sp³-hybridized carbons (Fsp3) is 0.526. The molecular formula is C19H27Cl3O3Si. The minimum atomic E-state index is -2.49. The molecule has 1 rings (SSSR count). The monoisotopic (exact) mass is 436 g/mol. The van der Waals surface area contributed by atoms with Crippen LogP contribution in [0.5, 0.6) is 5.75 Å². The van der Waals surface area contributed by atoms with Crippen molar-refractivity contribution in [3.63, 3.8) is 0 Å².